The molecule has 0 spiro atoms. The van der Waals surface area contributed by atoms with Gasteiger partial charge in [0, 0.05) is 22.9 Å². The number of aryl methyl sites for hydroxylation is 1. The number of pyridine rings is 1. The van der Waals surface area contributed by atoms with E-state index in [2.05, 4.69) is 10.3 Å². The Balaban J connectivity index is 1.89. The van der Waals surface area contributed by atoms with Gasteiger partial charge in [-0.25, -0.2) is 9.78 Å². The first-order valence-corrected chi connectivity index (χ1v) is 9.95. The molecule has 0 aliphatic rings. The van der Waals surface area contributed by atoms with E-state index in [1.54, 1.807) is 13.0 Å². The predicted molar refractivity (Wildman–Crippen MR) is 121 cm³/mol. The first kappa shape index (κ1) is 20.3. The van der Waals surface area contributed by atoms with Crippen molar-refractivity contribution in [3.8, 4) is 11.3 Å². The van der Waals surface area contributed by atoms with Crippen LogP contribution in [0.3, 0.4) is 0 Å². The molecule has 156 valence electrons. The van der Waals surface area contributed by atoms with Crippen LogP contribution >= 0.6 is 0 Å². The number of hydrogen-bond donors (Lipinski definition) is 2. The number of carboxylic acid groups (broad SMARTS) is 1. The lowest BCUT2D eigenvalue weighted by atomic mass is 9.99. The molecule has 31 heavy (non-hydrogen) atoms. The van der Waals surface area contributed by atoms with Gasteiger partial charge in [-0.1, -0.05) is 36.4 Å². The van der Waals surface area contributed by atoms with Gasteiger partial charge in [0.2, 0.25) is 0 Å². The number of carbonyl (C=O) groups is 1. The fraction of sp³-hybridized carbons (Fsp3) is 0.160. The normalized spacial score (nSPS) is 12.0. The van der Waals surface area contributed by atoms with Crippen molar-refractivity contribution in [1.82, 2.24) is 4.98 Å². The van der Waals surface area contributed by atoms with Gasteiger partial charge >= 0.3 is 5.97 Å². The second-order valence-electron chi connectivity index (χ2n) is 7.55. The number of rotatable bonds is 5. The van der Waals surface area contributed by atoms with E-state index in [4.69, 9.17) is 4.42 Å². The molecule has 2 heterocycles. The number of aromatic nitrogens is 1. The van der Waals surface area contributed by atoms with Crippen molar-refractivity contribution in [2.24, 2.45) is 0 Å². The second kappa shape index (κ2) is 8.07. The first-order valence-electron chi connectivity index (χ1n) is 9.95. The number of nitrogens with one attached hydrogen (secondary N) is 1. The summed E-state index contributed by atoms with van der Waals surface area (Å²) in [5, 5.41) is 13.1. The van der Waals surface area contributed by atoms with Crippen LogP contribution in [0, 0.1) is 13.8 Å². The summed E-state index contributed by atoms with van der Waals surface area (Å²) in [5.74, 6) is -0.278. The van der Waals surface area contributed by atoms with Crippen LogP contribution in [0.4, 0.5) is 5.82 Å². The highest BCUT2D eigenvalue weighted by Crippen LogP contribution is 2.32. The molecular formula is C25H22N2O4. The number of carboxylic acids is 1. The second-order valence-corrected chi connectivity index (χ2v) is 7.55. The fourth-order valence-corrected chi connectivity index (χ4v) is 3.73. The SMILES string of the molecule is Cc1cc([C@@H](C)Nc2ncccc2C(=O)O)c2oc(-c3ccccc3)c(C)c(=O)c2c1. The molecule has 0 bridgehead atoms. The Bertz CT molecular complexity index is 1340. The average molecular weight is 414 g/mol. The number of aromatic carboxylic acids is 1. The highest BCUT2D eigenvalue weighted by Gasteiger charge is 2.20. The molecular weight excluding hydrogens is 392 g/mol. The third kappa shape index (κ3) is 3.80. The Labute approximate surface area is 179 Å². The Morgan fingerprint density at radius 1 is 1.10 bits per heavy atom. The van der Waals surface area contributed by atoms with E-state index in [0.29, 0.717) is 22.3 Å². The van der Waals surface area contributed by atoms with Crippen molar-refractivity contribution in [1.29, 1.82) is 0 Å². The maximum absolute atomic E-state index is 13.2. The highest BCUT2D eigenvalue weighted by atomic mass is 16.4. The lowest BCUT2D eigenvalue weighted by Crippen LogP contribution is -2.14. The van der Waals surface area contributed by atoms with Crippen molar-refractivity contribution < 1.29 is 14.3 Å². The molecule has 0 unspecified atom stereocenters. The summed E-state index contributed by atoms with van der Waals surface area (Å²) in [6, 6.07) is 16.0. The van der Waals surface area contributed by atoms with Crippen LogP contribution in [0.15, 0.2) is 70.0 Å². The minimum Gasteiger partial charge on any atom is -0.478 e. The summed E-state index contributed by atoms with van der Waals surface area (Å²) in [7, 11) is 0. The monoisotopic (exact) mass is 414 g/mol. The lowest BCUT2D eigenvalue weighted by molar-refractivity contribution is 0.0697. The first-order chi connectivity index (χ1) is 14.9. The highest BCUT2D eigenvalue weighted by molar-refractivity contribution is 5.93. The molecule has 6 nitrogen and oxygen atoms in total. The number of fused-ring (bicyclic) bond motifs is 1. The van der Waals surface area contributed by atoms with Crippen molar-refractivity contribution in [2.75, 3.05) is 5.32 Å². The Kier molecular flexibility index (Phi) is 5.29. The number of anilines is 1. The van der Waals surface area contributed by atoms with Gasteiger partial charge in [-0.2, -0.15) is 0 Å². The molecule has 0 saturated heterocycles. The van der Waals surface area contributed by atoms with E-state index in [-0.39, 0.29) is 22.9 Å². The zero-order valence-electron chi connectivity index (χ0n) is 17.5. The van der Waals surface area contributed by atoms with E-state index in [9.17, 15) is 14.7 Å². The molecule has 0 aliphatic carbocycles. The summed E-state index contributed by atoms with van der Waals surface area (Å²) < 4.78 is 6.31. The van der Waals surface area contributed by atoms with Crippen LogP contribution < -0.4 is 10.7 Å². The zero-order valence-corrected chi connectivity index (χ0v) is 17.5. The van der Waals surface area contributed by atoms with Crippen LogP contribution in [-0.4, -0.2) is 16.1 Å². The summed E-state index contributed by atoms with van der Waals surface area (Å²) >= 11 is 0. The van der Waals surface area contributed by atoms with Gasteiger partial charge in [-0.15, -0.1) is 0 Å². The minimum atomic E-state index is -1.06. The predicted octanol–water partition coefficient (Wildman–Crippen LogP) is 5.34. The average Bonchev–Trinajstić information content (AvgIpc) is 2.77. The van der Waals surface area contributed by atoms with Crippen molar-refractivity contribution >= 4 is 22.8 Å². The van der Waals surface area contributed by atoms with Crippen LogP contribution in [0.25, 0.3) is 22.3 Å². The summed E-state index contributed by atoms with van der Waals surface area (Å²) in [6.07, 6.45) is 1.53. The van der Waals surface area contributed by atoms with E-state index in [1.165, 1.54) is 12.3 Å². The summed E-state index contributed by atoms with van der Waals surface area (Å²) in [6.45, 7) is 5.57. The maximum atomic E-state index is 13.2. The molecule has 4 aromatic rings. The van der Waals surface area contributed by atoms with Crippen LogP contribution in [0.5, 0.6) is 0 Å². The lowest BCUT2D eigenvalue weighted by Gasteiger charge is -2.19. The molecule has 0 radical (unpaired) electrons. The molecule has 0 aliphatic heterocycles. The van der Waals surface area contributed by atoms with Gasteiger partial charge < -0.3 is 14.8 Å². The van der Waals surface area contributed by atoms with Gasteiger partial charge in [0.15, 0.2) is 5.43 Å². The summed E-state index contributed by atoms with van der Waals surface area (Å²) in [4.78, 5) is 28.9. The number of hydrogen-bond acceptors (Lipinski definition) is 5. The van der Waals surface area contributed by atoms with Gasteiger partial charge in [0.05, 0.1) is 11.4 Å². The molecule has 0 fully saturated rings. The molecule has 2 aromatic carbocycles. The molecule has 0 saturated carbocycles. The fourth-order valence-electron chi connectivity index (χ4n) is 3.73. The van der Waals surface area contributed by atoms with Gasteiger partial charge in [0.1, 0.15) is 22.7 Å². The largest absolute Gasteiger partial charge is 0.478 e. The number of benzene rings is 2. The molecule has 0 amide bonds. The maximum Gasteiger partial charge on any atom is 0.339 e. The molecule has 2 N–H and O–H groups in total. The molecule has 6 heteroatoms. The van der Waals surface area contributed by atoms with Gasteiger partial charge in [-0.05, 0) is 44.5 Å². The number of nitrogens with zero attached hydrogens (tertiary/aromatic N) is 1. The molecule has 2 aromatic heterocycles. The zero-order chi connectivity index (χ0) is 22.1. The van der Waals surface area contributed by atoms with Crippen LogP contribution in [-0.2, 0) is 0 Å². The third-order valence-corrected chi connectivity index (χ3v) is 5.29. The summed E-state index contributed by atoms with van der Waals surface area (Å²) in [5.41, 5.74) is 3.52. The van der Waals surface area contributed by atoms with Crippen molar-refractivity contribution in [3.63, 3.8) is 0 Å². The Morgan fingerprint density at radius 3 is 2.55 bits per heavy atom. The standard InChI is InChI=1S/C25H22N2O4/c1-14-12-19(16(3)27-24-18(25(29)30)10-7-11-26-24)23-20(13-14)21(28)15(2)22(31-23)17-8-5-4-6-9-17/h4-13,16H,1-3H3,(H,26,27)(H,29,30)/t16-/m1/s1. The quantitative estimate of drug-likeness (QED) is 0.458. The van der Waals surface area contributed by atoms with Gasteiger partial charge in [0.25, 0.3) is 0 Å². The minimum absolute atomic E-state index is 0.0774. The molecule has 1 atom stereocenters. The van der Waals surface area contributed by atoms with Crippen LogP contribution in [0.1, 0.15) is 40.0 Å². The third-order valence-electron chi connectivity index (χ3n) is 5.29. The topological polar surface area (TPSA) is 92.4 Å². The van der Waals surface area contributed by atoms with E-state index in [1.807, 2.05) is 56.3 Å². The van der Waals surface area contributed by atoms with Crippen molar-refractivity contribution in [2.45, 2.75) is 26.8 Å². The van der Waals surface area contributed by atoms with E-state index < -0.39 is 5.97 Å². The van der Waals surface area contributed by atoms with E-state index in [0.717, 1.165) is 16.7 Å². The Morgan fingerprint density at radius 2 is 1.84 bits per heavy atom. The molecule has 4 rings (SSSR count). The van der Waals surface area contributed by atoms with E-state index >= 15 is 0 Å². The van der Waals surface area contributed by atoms with Crippen LogP contribution in [0.2, 0.25) is 0 Å². The Hall–Kier alpha value is -3.93. The smallest absolute Gasteiger partial charge is 0.339 e. The van der Waals surface area contributed by atoms with Crippen molar-refractivity contribution in [3.05, 3.63) is 93.3 Å². The van der Waals surface area contributed by atoms with Gasteiger partial charge in [-0.3, -0.25) is 4.79 Å².